The molecule has 8 nitrogen and oxygen atoms in total. The van der Waals surface area contributed by atoms with Crippen LogP contribution in [0.3, 0.4) is 0 Å². The topological polar surface area (TPSA) is 103 Å². The summed E-state index contributed by atoms with van der Waals surface area (Å²) in [6.45, 7) is -1.14. The molecule has 11 heteroatoms. The standard InChI is InChI=1S/C25H20F3N7O/c26-19-9-17(3-4-18(19)16-10-30-31-11-16)32-22-5-6-29-23(34-22)15-2-1-14-7-21(33-20(14)8-15)24(36)35-12-25(27,28)13-35/h1-3,5-11,18,33H,4,12-13H2,(H,30,31)(H,29,32,34). The van der Waals surface area contributed by atoms with Crippen molar-refractivity contribution in [2.24, 2.45) is 0 Å². The lowest BCUT2D eigenvalue weighted by Crippen LogP contribution is -2.58. The van der Waals surface area contributed by atoms with Gasteiger partial charge in [0.05, 0.1) is 19.3 Å². The second kappa shape index (κ2) is 8.36. The Morgan fingerprint density at radius 1 is 1.19 bits per heavy atom. The molecule has 0 bridgehead atoms. The van der Waals surface area contributed by atoms with Crippen LogP contribution in [0.25, 0.3) is 22.3 Å². The van der Waals surface area contributed by atoms with Gasteiger partial charge in [-0.25, -0.2) is 23.1 Å². The highest BCUT2D eigenvalue weighted by molar-refractivity contribution is 5.99. The van der Waals surface area contributed by atoms with Crippen LogP contribution in [0.15, 0.2) is 72.6 Å². The van der Waals surface area contributed by atoms with Crippen LogP contribution in [0, 0.1) is 0 Å². The molecule has 1 aromatic carbocycles. The summed E-state index contributed by atoms with van der Waals surface area (Å²) in [4.78, 5) is 25.5. The summed E-state index contributed by atoms with van der Waals surface area (Å²) < 4.78 is 40.9. The number of aromatic nitrogens is 5. The number of anilines is 1. The fourth-order valence-electron chi connectivity index (χ4n) is 4.42. The summed E-state index contributed by atoms with van der Waals surface area (Å²) in [7, 11) is 0. The van der Waals surface area contributed by atoms with E-state index in [9.17, 15) is 18.0 Å². The molecule has 1 aliphatic heterocycles. The third kappa shape index (κ3) is 4.12. The minimum Gasteiger partial charge on any atom is -0.351 e. The average molecular weight is 491 g/mol. The summed E-state index contributed by atoms with van der Waals surface area (Å²) >= 11 is 0. The van der Waals surface area contributed by atoms with Crippen LogP contribution in [0.5, 0.6) is 0 Å². The Labute approximate surface area is 202 Å². The van der Waals surface area contributed by atoms with Crippen molar-refractivity contribution >= 4 is 22.6 Å². The van der Waals surface area contributed by atoms with Gasteiger partial charge in [-0.3, -0.25) is 9.89 Å². The number of likely N-dealkylation sites (tertiary alicyclic amines) is 1. The van der Waals surface area contributed by atoms with Crippen molar-refractivity contribution in [3.63, 3.8) is 0 Å². The first-order chi connectivity index (χ1) is 17.3. The number of H-pyrrole nitrogens is 2. The summed E-state index contributed by atoms with van der Waals surface area (Å²) in [6.07, 6.45) is 8.73. The number of nitrogens with zero attached hydrogens (tertiary/aromatic N) is 4. The SMILES string of the molecule is O=C(c1cc2ccc(-c3nccc(NC4=CCC(c5cn[nH]c5)C(F)=C4)n3)cc2[nH]1)N1CC(F)(F)C1. The van der Waals surface area contributed by atoms with Crippen LogP contribution in [-0.4, -0.2) is 55.0 Å². The zero-order valence-electron chi connectivity index (χ0n) is 18.8. The summed E-state index contributed by atoms with van der Waals surface area (Å²) in [5.41, 5.74) is 2.99. The van der Waals surface area contributed by atoms with Gasteiger partial charge < -0.3 is 15.2 Å². The van der Waals surface area contributed by atoms with Crippen molar-refractivity contribution in [1.29, 1.82) is 0 Å². The molecule has 6 rings (SSSR count). The lowest BCUT2D eigenvalue weighted by Gasteiger charge is -2.38. The Morgan fingerprint density at radius 3 is 2.81 bits per heavy atom. The molecule has 2 aliphatic rings. The Kier molecular flexibility index (Phi) is 5.13. The number of allylic oxidation sites excluding steroid dienone is 3. The number of carbonyl (C=O) groups is 1. The molecular formula is C25H20F3N7O. The van der Waals surface area contributed by atoms with Gasteiger partial charge in [0, 0.05) is 40.5 Å². The molecule has 3 N–H and O–H groups in total. The number of aromatic amines is 2. The number of benzene rings is 1. The van der Waals surface area contributed by atoms with Crippen molar-refractivity contribution in [3.8, 4) is 11.4 Å². The predicted molar refractivity (Wildman–Crippen MR) is 127 cm³/mol. The van der Waals surface area contributed by atoms with Gasteiger partial charge in [0.2, 0.25) is 0 Å². The molecule has 1 unspecified atom stereocenters. The Morgan fingerprint density at radius 2 is 2.06 bits per heavy atom. The van der Waals surface area contributed by atoms with Crippen molar-refractivity contribution < 1.29 is 18.0 Å². The molecule has 4 heterocycles. The van der Waals surface area contributed by atoms with Gasteiger partial charge in [0.1, 0.15) is 17.3 Å². The molecule has 0 saturated carbocycles. The molecular weight excluding hydrogens is 471 g/mol. The first kappa shape index (κ1) is 22.1. The lowest BCUT2D eigenvalue weighted by molar-refractivity contribution is -0.113. The summed E-state index contributed by atoms with van der Waals surface area (Å²) in [5.74, 6) is -2.97. The van der Waals surface area contributed by atoms with E-state index in [4.69, 9.17) is 0 Å². The second-order valence-electron chi connectivity index (χ2n) is 8.90. The fraction of sp³-hybridized carbons (Fsp3) is 0.200. The zero-order chi connectivity index (χ0) is 24.9. The number of carbonyl (C=O) groups excluding carboxylic acids is 1. The smallest absolute Gasteiger partial charge is 0.282 e. The average Bonchev–Trinajstić information content (AvgIpc) is 3.52. The first-order valence-electron chi connectivity index (χ1n) is 11.3. The fourth-order valence-corrected chi connectivity index (χ4v) is 4.42. The van der Waals surface area contributed by atoms with Crippen LogP contribution < -0.4 is 5.32 Å². The van der Waals surface area contributed by atoms with Gasteiger partial charge in [-0.05, 0) is 36.3 Å². The summed E-state index contributed by atoms with van der Waals surface area (Å²) in [6, 6.07) is 8.75. The number of rotatable bonds is 5. The Balaban J connectivity index is 1.19. The molecule has 1 aliphatic carbocycles. The highest BCUT2D eigenvalue weighted by atomic mass is 19.3. The van der Waals surface area contributed by atoms with E-state index in [1.54, 1.807) is 36.8 Å². The van der Waals surface area contributed by atoms with Crippen molar-refractivity contribution in [2.45, 2.75) is 18.3 Å². The highest BCUT2D eigenvalue weighted by Crippen LogP contribution is 2.34. The van der Waals surface area contributed by atoms with Gasteiger partial charge in [0.15, 0.2) is 5.82 Å². The second-order valence-corrected chi connectivity index (χ2v) is 8.90. The van der Waals surface area contributed by atoms with Gasteiger partial charge in [-0.15, -0.1) is 0 Å². The molecule has 182 valence electrons. The minimum atomic E-state index is -2.82. The maximum absolute atomic E-state index is 14.7. The third-order valence-electron chi connectivity index (χ3n) is 6.29. The Bertz CT molecular complexity index is 1520. The van der Waals surface area contributed by atoms with Crippen molar-refractivity contribution in [3.05, 3.63) is 83.9 Å². The quantitative estimate of drug-likeness (QED) is 0.373. The molecule has 36 heavy (non-hydrogen) atoms. The van der Waals surface area contributed by atoms with Crippen molar-refractivity contribution in [1.82, 2.24) is 30.0 Å². The predicted octanol–water partition coefficient (Wildman–Crippen LogP) is 4.78. The lowest BCUT2D eigenvalue weighted by atomic mass is 9.93. The number of alkyl halides is 2. The monoisotopic (exact) mass is 491 g/mol. The van der Waals surface area contributed by atoms with Gasteiger partial charge in [-0.1, -0.05) is 18.2 Å². The van der Waals surface area contributed by atoms with Crippen molar-refractivity contribution in [2.75, 3.05) is 18.4 Å². The molecule has 0 spiro atoms. The molecule has 3 aromatic heterocycles. The van der Waals surface area contributed by atoms with E-state index in [0.717, 1.165) is 15.8 Å². The van der Waals surface area contributed by atoms with E-state index >= 15 is 0 Å². The first-order valence-corrected chi connectivity index (χ1v) is 11.3. The maximum Gasteiger partial charge on any atom is 0.282 e. The van der Waals surface area contributed by atoms with Crippen LogP contribution in [0.2, 0.25) is 0 Å². The normalized spacial score (nSPS) is 19.0. The van der Waals surface area contributed by atoms with Gasteiger partial charge in [-0.2, -0.15) is 5.10 Å². The molecule has 1 saturated heterocycles. The van der Waals surface area contributed by atoms with E-state index in [1.165, 1.54) is 6.08 Å². The highest BCUT2D eigenvalue weighted by Gasteiger charge is 2.46. The van der Waals surface area contributed by atoms with E-state index in [2.05, 4.69) is 30.5 Å². The number of halogens is 3. The van der Waals surface area contributed by atoms with Crippen LogP contribution in [0.1, 0.15) is 28.4 Å². The number of nitrogens with one attached hydrogen (secondary N) is 3. The van der Waals surface area contributed by atoms with Crippen LogP contribution >= 0.6 is 0 Å². The van der Waals surface area contributed by atoms with E-state index in [-0.39, 0.29) is 17.4 Å². The molecule has 1 fully saturated rings. The number of amides is 1. The Hall–Kier alpha value is -4.41. The van der Waals surface area contributed by atoms with E-state index in [0.29, 0.717) is 34.8 Å². The van der Waals surface area contributed by atoms with Gasteiger partial charge in [0.25, 0.3) is 11.8 Å². The van der Waals surface area contributed by atoms with Crippen LogP contribution in [-0.2, 0) is 0 Å². The number of fused-ring (bicyclic) bond motifs is 1. The molecule has 4 aromatic rings. The van der Waals surface area contributed by atoms with Gasteiger partial charge >= 0.3 is 0 Å². The third-order valence-corrected chi connectivity index (χ3v) is 6.29. The number of hydrogen-bond donors (Lipinski definition) is 3. The zero-order valence-corrected chi connectivity index (χ0v) is 18.8. The molecule has 1 atom stereocenters. The maximum atomic E-state index is 14.7. The van der Waals surface area contributed by atoms with Crippen LogP contribution in [0.4, 0.5) is 19.0 Å². The van der Waals surface area contributed by atoms with E-state index < -0.39 is 24.9 Å². The molecule has 1 amide bonds. The summed E-state index contributed by atoms with van der Waals surface area (Å²) in [5, 5.41) is 10.5. The minimum absolute atomic E-state index is 0.251. The number of hydrogen-bond acceptors (Lipinski definition) is 5. The van der Waals surface area contributed by atoms with E-state index in [1.807, 2.05) is 18.2 Å². The largest absolute Gasteiger partial charge is 0.351 e. The molecule has 0 radical (unpaired) electrons.